The molecule has 2 nitrogen and oxygen atoms in total. The Hall–Kier alpha value is -10.5. The van der Waals surface area contributed by atoms with Crippen LogP contribution in [-0.2, 0) is 10.8 Å². The van der Waals surface area contributed by atoms with Crippen molar-refractivity contribution in [3.63, 3.8) is 0 Å². The number of hydrogen-bond acceptors (Lipinski definition) is 2. The first-order valence-corrected chi connectivity index (χ1v) is 28.5. The first kappa shape index (κ1) is 47.5. The molecule has 0 fully saturated rings. The average molecular weight is 1040 g/mol. The van der Waals surface area contributed by atoms with Crippen molar-refractivity contribution in [2.45, 2.75) is 10.8 Å². The van der Waals surface area contributed by atoms with E-state index in [0.717, 1.165) is 50.8 Å². The molecule has 0 bridgehead atoms. The van der Waals surface area contributed by atoms with Gasteiger partial charge in [0.1, 0.15) is 0 Å². The Labute approximate surface area is 479 Å². The maximum absolute atomic E-state index is 2.58. The van der Waals surface area contributed by atoms with Gasteiger partial charge in [-0.3, -0.25) is 0 Å². The lowest BCUT2D eigenvalue weighted by molar-refractivity contribution is 0.768. The highest BCUT2D eigenvalue weighted by Crippen LogP contribution is 2.66. The molecule has 16 rings (SSSR count). The van der Waals surface area contributed by atoms with Gasteiger partial charge in [0.25, 0.3) is 0 Å². The van der Waals surface area contributed by atoms with E-state index in [4.69, 9.17) is 0 Å². The summed E-state index contributed by atoms with van der Waals surface area (Å²) in [5.41, 5.74) is 27.6. The van der Waals surface area contributed by atoms with Crippen LogP contribution >= 0.6 is 0 Å². The minimum atomic E-state index is -0.699. The topological polar surface area (TPSA) is 6.48 Å². The molecule has 1 unspecified atom stereocenters. The van der Waals surface area contributed by atoms with Gasteiger partial charge in [-0.25, -0.2) is 0 Å². The van der Waals surface area contributed by atoms with Crippen molar-refractivity contribution in [1.29, 1.82) is 0 Å². The zero-order chi connectivity index (χ0) is 54.2. The van der Waals surface area contributed by atoms with Gasteiger partial charge in [0.05, 0.1) is 22.2 Å². The van der Waals surface area contributed by atoms with Crippen LogP contribution in [0.25, 0.3) is 55.6 Å². The lowest BCUT2D eigenvalue weighted by Gasteiger charge is -2.35. The predicted molar refractivity (Wildman–Crippen MR) is 340 cm³/mol. The Bertz CT molecular complexity index is 4450. The van der Waals surface area contributed by atoms with E-state index in [2.05, 4.69) is 337 Å². The van der Waals surface area contributed by atoms with Crippen LogP contribution in [0.4, 0.5) is 34.1 Å². The van der Waals surface area contributed by atoms with Crippen LogP contribution in [0, 0.1) is 0 Å². The molecule has 0 amide bonds. The van der Waals surface area contributed by atoms with Gasteiger partial charge in [-0.1, -0.05) is 255 Å². The Morgan fingerprint density at radius 1 is 0.183 bits per heavy atom. The van der Waals surface area contributed by atoms with Crippen molar-refractivity contribution in [2.24, 2.45) is 0 Å². The smallest absolute Gasteiger partial charge is 0.0727 e. The molecule has 2 heteroatoms. The Morgan fingerprint density at radius 2 is 0.488 bits per heavy atom. The summed E-state index contributed by atoms with van der Waals surface area (Å²) < 4.78 is 0. The summed E-state index contributed by atoms with van der Waals surface area (Å²) in [6.45, 7) is 0. The van der Waals surface area contributed by atoms with Crippen molar-refractivity contribution >= 4 is 34.1 Å². The van der Waals surface area contributed by atoms with Crippen LogP contribution in [-0.4, -0.2) is 0 Å². The highest BCUT2D eigenvalue weighted by atomic mass is 15.2. The van der Waals surface area contributed by atoms with Crippen molar-refractivity contribution in [2.75, 3.05) is 9.80 Å². The van der Waals surface area contributed by atoms with Crippen LogP contribution in [0.1, 0.15) is 44.5 Å². The van der Waals surface area contributed by atoms with Crippen molar-refractivity contribution in [3.05, 3.63) is 372 Å². The second-order valence-electron chi connectivity index (χ2n) is 21.8. The zero-order valence-corrected chi connectivity index (χ0v) is 45.1. The van der Waals surface area contributed by atoms with Gasteiger partial charge in [0.2, 0.25) is 0 Å². The first-order chi connectivity index (χ1) is 40.7. The minimum Gasteiger partial charge on any atom is -0.310 e. The van der Waals surface area contributed by atoms with Gasteiger partial charge in [0, 0.05) is 33.9 Å². The fraction of sp³-hybridized carbons (Fsp3) is 0.0250. The normalized spacial score (nSPS) is 14.5. The fourth-order valence-electron chi connectivity index (χ4n) is 14.4. The molecule has 384 valence electrons. The Balaban J connectivity index is 0.997. The van der Waals surface area contributed by atoms with E-state index in [9.17, 15) is 0 Å². The van der Waals surface area contributed by atoms with E-state index in [1.54, 1.807) is 0 Å². The third kappa shape index (κ3) is 7.01. The number of fused-ring (bicyclic) bond motifs is 13. The van der Waals surface area contributed by atoms with E-state index >= 15 is 0 Å². The van der Waals surface area contributed by atoms with E-state index in [-0.39, 0.29) is 0 Å². The van der Waals surface area contributed by atoms with Crippen LogP contribution in [0.2, 0.25) is 0 Å². The van der Waals surface area contributed by atoms with Gasteiger partial charge < -0.3 is 9.80 Å². The molecule has 0 saturated carbocycles. The Kier molecular flexibility index (Phi) is 11.0. The molecule has 1 spiro atoms. The molecule has 3 aliphatic rings. The number of para-hydroxylation sites is 3. The summed E-state index contributed by atoms with van der Waals surface area (Å²) in [5, 5.41) is 0. The summed E-state index contributed by atoms with van der Waals surface area (Å²) in [7, 11) is 0. The quantitative estimate of drug-likeness (QED) is 0.135. The summed E-state index contributed by atoms with van der Waals surface area (Å²) in [5.74, 6) is 0. The molecule has 0 aromatic heterocycles. The number of nitrogens with zero attached hydrogens (tertiary/aromatic N) is 2. The molecule has 0 radical (unpaired) electrons. The third-order valence-corrected chi connectivity index (χ3v) is 17.7. The molecule has 82 heavy (non-hydrogen) atoms. The van der Waals surface area contributed by atoms with Gasteiger partial charge >= 0.3 is 0 Å². The van der Waals surface area contributed by atoms with E-state index in [1.807, 2.05) is 0 Å². The Morgan fingerprint density at radius 3 is 0.890 bits per heavy atom. The molecule has 0 aliphatic heterocycles. The highest BCUT2D eigenvalue weighted by Gasteiger charge is 2.53. The lowest BCUT2D eigenvalue weighted by Crippen LogP contribution is -2.28. The molecule has 13 aromatic rings. The number of hydrogen-bond donors (Lipinski definition) is 0. The number of anilines is 6. The van der Waals surface area contributed by atoms with Crippen LogP contribution in [0.3, 0.4) is 0 Å². The van der Waals surface area contributed by atoms with Gasteiger partial charge in [-0.05, 0) is 162 Å². The van der Waals surface area contributed by atoms with Crippen LogP contribution < -0.4 is 9.80 Å². The van der Waals surface area contributed by atoms with Gasteiger partial charge in [-0.2, -0.15) is 0 Å². The summed E-state index contributed by atoms with van der Waals surface area (Å²) in [6.07, 6.45) is 0. The van der Waals surface area contributed by atoms with E-state index < -0.39 is 10.8 Å². The highest BCUT2D eigenvalue weighted by molar-refractivity contribution is 6.03. The SMILES string of the molecule is c1ccc(-c2cc3c(cc2N(c2ccccc2)c2ccccc2)C2(c4ccccc4-3)c3ccccc3-c3cc(-c4ccccc4)c(N(c4ccccc4)c4ccc5c(c4)-c4ccccc4C5(c4ccccc4)c4ccccc4)cc32)cc1. The molecular weight excluding hydrogens is 989 g/mol. The van der Waals surface area contributed by atoms with Gasteiger partial charge in [-0.15, -0.1) is 0 Å². The molecule has 13 aromatic carbocycles. The number of rotatable bonds is 10. The maximum atomic E-state index is 2.58. The van der Waals surface area contributed by atoms with Crippen molar-refractivity contribution in [3.8, 4) is 55.6 Å². The third-order valence-electron chi connectivity index (χ3n) is 17.7. The lowest BCUT2D eigenvalue weighted by atomic mass is 9.68. The zero-order valence-electron chi connectivity index (χ0n) is 45.1. The van der Waals surface area contributed by atoms with Crippen molar-refractivity contribution in [1.82, 2.24) is 0 Å². The standard InChI is InChI=1S/C80H54N2/c1-8-28-55(29-9-1)66-51-69-64-43-23-26-46-72(64)80(75(69)53-77(66)81(59-36-16-5-17-37-59)60-38-18-6-19-39-60)73-47-27-24-44-65(73)70-52-67(56-30-10-2-11-31-56)78(54-76(70)80)82(61-40-20-7-21-41-61)62-48-49-74-68(50-62)63-42-22-25-45-71(63)79(74,57-32-12-3-13-33-57)58-34-14-4-15-35-58/h1-54H. The van der Waals surface area contributed by atoms with E-state index in [1.165, 1.54) is 83.5 Å². The average Bonchev–Trinajstić information content (AvgIpc) is 3.16. The van der Waals surface area contributed by atoms with E-state index in [0.29, 0.717) is 0 Å². The predicted octanol–water partition coefficient (Wildman–Crippen LogP) is 20.7. The molecule has 0 heterocycles. The first-order valence-electron chi connectivity index (χ1n) is 28.5. The summed E-state index contributed by atoms with van der Waals surface area (Å²) in [4.78, 5) is 4.99. The monoisotopic (exact) mass is 1040 g/mol. The van der Waals surface area contributed by atoms with Gasteiger partial charge in [0.15, 0.2) is 0 Å². The maximum Gasteiger partial charge on any atom is 0.0727 e. The second kappa shape index (κ2) is 19.1. The summed E-state index contributed by atoms with van der Waals surface area (Å²) >= 11 is 0. The fourth-order valence-corrected chi connectivity index (χ4v) is 14.4. The number of benzene rings is 13. The molecule has 1 atom stereocenters. The largest absolute Gasteiger partial charge is 0.310 e. The molecule has 0 N–H and O–H groups in total. The van der Waals surface area contributed by atoms with Crippen molar-refractivity contribution < 1.29 is 0 Å². The molecule has 3 aliphatic carbocycles. The second-order valence-corrected chi connectivity index (χ2v) is 21.8. The van der Waals surface area contributed by atoms with Crippen LogP contribution in [0.5, 0.6) is 0 Å². The summed E-state index contributed by atoms with van der Waals surface area (Å²) in [6, 6.07) is 122. The minimum absolute atomic E-state index is 0.523. The van der Waals surface area contributed by atoms with Crippen LogP contribution in [0.15, 0.2) is 328 Å². The molecule has 0 saturated heterocycles. The molecular formula is C80H54N2.